The van der Waals surface area contributed by atoms with Gasteiger partial charge in [0.15, 0.2) is 0 Å². The molecule has 0 unspecified atom stereocenters. The first-order valence-electron chi connectivity index (χ1n) is 11.7. The van der Waals surface area contributed by atoms with Crippen molar-refractivity contribution in [3.05, 3.63) is 59.7 Å². The Labute approximate surface area is 245 Å². The van der Waals surface area contributed by atoms with Crippen molar-refractivity contribution in [2.75, 3.05) is 0 Å². The second kappa shape index (κ2) is 12.5. The Hall–Kier alpha value is -1.91. The molecule has 0 bridgehead atoms. The number of hydrogen-bond acceptors (Lipinski definition) is 6. The van der Waals surface area contributed by atoms with Crippen molar-refractivity contribution in [3.8, 4) is 0 Å². The van der Waals surface area contributed by atoms with Gasteiger partial charge in [0.1, 0.15) is 0 Å². The summed E-state index contributed by atoms with van der Waals surface area (Å²) in [5, 5.41) is 2.82. The minimum Gasteiger partial charge on any atom is -0.217 e. The smallest absolute Gasteiger partial charge is 0.217 e. The van der Waals surface area contributed by atoms with E-state index in [0.717, 1.165) is 8.58 Å². The van der Waals surface area contributed by atoms with Gasteiger partial charge in [0.05, 0.1) is 0 Å². The lowest BCUT2D eigenvalue weighted by molar-refractivity contribution is -0.0490. The van der Waals surface area contributed by atoms with Gasteiger partial charge >= 0.3 is 16.5 Å². The number of rotatable bonds is 5. The average Bonchev–Trinajstić information content (AvgIpc) is 2.76. The third-order valence-corrected chi connectivity index (χ3v) is 14.8. The molecule has 0 atom stereocenters. The molecule has 0 aliphatic heterocycles. The van der Waals surface area contributed by atoms with Crippen molar-refractivity contribution in [1.29, 1.82) is 0 Å². The normalized spacial score (nSPS) is 14.3. The van der Waals surface area contributed by atoms with Crippen LogP contribution in [-0.4, -0.2) is 45.7 Å². The van der Waals surface area contributed by atoms with E-state index in [2.05, 4.69) is 90.1 Å². The van der Waals surface area contributed by atoms with Gasteiger partial charge in [-0.1, -0.05) is 98.7 Å². The van der Waals surface area contributed by atoms with Crippen molar-refractivity contribution >= 4 is 48.7 Å². The van der Waals surface area contributed by atoms with E-state index in [1.807, 2.05) is 0 Å². The molecule has 2 rings (SSSR count). The Kier molecular flexibility index (Phi) is 11.3. The van der Waals surface area contributed by atoms with E-state index in [1.165, 1.54) is 21.7 Å². The van der Waals surface area contributed by atoms with Crippen LogP contribution in [0.4, 0.5) is 39.5 Å². The summed E-state index contributed by atoms with van der Waals surface area (Å²) < 4.78 is 167. The molecule has 2 aromatic carbocycles. The van der Waals surface area contributed by atoms with Crippen LogP contribution in [0.3, 0.4) is 0 Å². The van der Waals surface area contributed by atoms with E-state index < -0.39 is 50.0 Å². The van der Waals surface area contributed by atoms with Crippen LogP contribution in [0.25, 0.3) is 0 Å². The minimum absolute atomic E-state index is 0.232. The largest absolute Gasteiger partial charge is 0.499 e. The number of alkyl halides is 9. The molecule has 0 amide bonds. The first-order chi connectivity index (χ1) is 18.8. The SMILES string of the molecule is CC(C)(C)c1ccc(Pc2ccc(C(C)(C)C)cc2)cc1.O=S(=O)(C(S(=O)(=O)C(F)(F)F)S(=O)(=O)C(F)(F)F)C(F)(F)F. The highest BCUT2D eigenvalue weighted by atomic mass is 32.3. The lowest BCUT2D eigenvalue weighted by Crippen LogP contribution is -2.52. The Morgan fingerprint density at radius 1 is 0.465 bits per heavy atom. The van der Waals surface area contributed by atoms with Crippen LogP contribution in [0, 0.1) is 0 Å². The molecule has 6 nitrogen and oxygen atoms in total. The van der Waals surface area contributed by atoms with Gasteiger partial charge < -0.3 is 0 Å². The van der Waals surface area contributed by atoms with Gasteiger partial charge in [0, 0.05) is 0 Å². The van der Waals surface area contributed by atoms with Gasteiger partial charge in [-0.2, -0.15) is 39.5 Å². The first-order valence-corrected chi connectivity index (χ1v) is 17.3. The van der Waals surface area contributed by atoms with Crippen molar-refractivity contribution in [3.63, 3.8) is 0 Å². The minimum atomic E-state index is -7.94. The highest BCUT2D eigenvalue weighted by Gasteiger charge is 2.73. The molecular weight excluding hydrogens is 682 g/mol. The standard InChI is InChI=1S/C20H27P.C4HF9O6S3/c1-19(2,3)15-7-11-17(12-8-15)21-18-13-9-16(10-14-18)20(4,5)6;5-2(6,7)20(14,15)1(21(16,17)3(8,9)10)22(18,19)4(11,12)13/h7-14,21H,1-6H3;1H. The maximum absolute atomic E-state index is 12.1. The van der Waals surface area contributed by atoms with Crippen molar-refractivity contribution in [1.82, 2.24) is 0 Å². The summed E-state index contributed by atoms with van der Waals surface area (Å²) in [7, 11) is -23.1. The predicted octanol–water partition coefficient (Wildman–Crippen LogP) is 5.98. The maximum Gasteiger partial charge on any atom is 0.499 e. The Morgan fingerprint density at radius 2 is 0.674 bits per heavy atom. The van der Waals surface area contributed by atoms with Crippen LogP contribution < -0.4 is 10.6 Å². The van der Waals surface area contributed by atoms with E-state index in [-0.39, 0.29) is 10.8 Å². The number of halogens is 9. The van der Waals surface area contributed by atoms with Crippen LogP contribution in [-0.2, 0) is 40.3 Å². The summed E-state index contributed by atoms with van der Waals surface area (Å²) in [4.78, 5) is 0. The summed E-state index contributed by atoms with van der Waals surface area (Å²) in [5.41, 5.74) is -17.8. The summed E-state index contributed by atoms with van der Waals surface area (Å²) in [6.07, 6.45) is 0. The maximum atomic E-state index is 12.1. The number of sulfone groups is 3. The van der Waals surface area contributed by atoms with E-state index >= 15 is 0 Å². The fourth-order valence-electron chi connectivity index (χ4n) is 3.10. The highest BCUT2D eigenvalue weighted by molar-refractivity contribution is 8.24. The molecule has 0 fully saturated rings. The highest BCUT2D eigenvalue weighted by Crippen LogP contribution is 2.43. The molecular formula is C24H28F9O6PS3. The van der Waals surface area contributed by atoms with Crippen molar-refractivity contribution in [2.45, 2.75) is 72.8 Å². The first kappa shape index (κ1) is 39.1. The van der Waals surface area contributed by atoms with Crippen LogP contribution in [0.5, 0.6) is 0 Å². The van der Waals surface area contributed by atoms with Crippen molar-refractivity contribution < 1.29 is 64.8 Å². The van der Waals surface area contributed by atoms with Gasteiger partial charge in [-0.05, 0) is 32.6 Å². The molecule has 2 aromatic rings. The van der Waals surface area contributed by atoms with E-state index in [9.17, 15) is 64.8 Å². The molecule has 0 N–H and O–H groups in total. The molecule has 0 radical (unpaired) electrons. The second-order valence-corrected chi connectivity index (χ2v) is 19.4. The predicted molar refractivity (Wildman–Crippen MR) is 147 cm³/mol. The third kappa shape index (κ3) is 9.30. The lowest BCUT2D eigenvalue weighted by Gasteiger charge is -2.21. The zero-order valence-electron chi connectivity index (χ0n) is 23.3. The summed E-state index contributed by atoms with van der Waals surface area (Å²) >= 11 is 0. The van der Waals surface area contributed by atoms with Crippen LogP contribution >= 0.6 is 8.58 Å². The lowest BCUT2D eigenvalue weighted by atomic mass is 9.87. The zero-order valence-corrected chi connectivity index (χ0v) is 26.7. The Morgan fingerprint density at radius 3 is 0.837 bits per heavy atom. The quantitative estimate of drug-likeness (QED) is 0.280. The second-order valence-electron chi connectivity index (χ2n) is 11.0. The zero-order chi connectivity index (χ0) is 34.3. The van der Waals surface area contributed by atoms with E-state index in [4.69, 9.17) is 0 Å². The van der Waals surface area contributed by atoms with Crippen molar-refractivity contribution in [2.24, 2.45) is 0 Å². The van der Waals surface area contributed by atoms with E-state index in [0.29, 0.717) is 0 Å². The summed E-state index contributed by atoms with van der Waals surface area (Å²) in [5.74, 6) is 0. The molecule has 246 valence electrons. The summed E-state index contributed by atoms with van der Waals surface area (Å²) in [6.45, 7) is 13.6. The number of hydrogen-bond donors (Lipinski definition) is 0. The van der Waals surface area contributed by atoms with Gasteiger partial charge in [-0.25, -0.2) is 25.3 Å². The van der Waals surface area contributed by atoms with Gasteiger partial charge in [0.2, 0.25) is 0 Å². The van der Waals surface area contributed by atoms with E-state index in [1.54, 1.807) is 0 Å². The van der Waals surface area contributed by atoms with Crippen LogP contribution in [0.2, 0.25) is 0 Å². The third-order valence-electron chi connectivity index (χ3n) is 5.52. The molecule has 19 heteroatoms. The summed E-state index contributed by atoms with van der Waals surface area (Å²) in [6, 6.07) is 18.2. The number of benzene rings is 2. The molecule has 0 spiro atoms. The van der Waals surface area contributed by atoms with Gasteiger partial charge in [0.25, 0.3) is 33.4 Å². The fraction of sp³-hybridized carbons (Fsp3) is 0.500. The molecule has 0 saturated heterocycles. The van der Waals surface area contributed by atoms with Crippen LogP contribution in [0.1, 0.15) is 52.7 Å². The van der Waals surface area contributed by atoms with Gasteiger partial charge in [-0.15, -0.1) is 0 Å². The van der Waals surface area contributed by atoms with Gasteiger partial charge in [-0.3, -0.25) is 0 Å². The topological polar surface area (TPSA) is 102 Å². The molecule has 0 aromatic heterocycles. The average molecular weight is 711 g/mol. The molecule has 0 aliphatic carbocycles. The Bertz CT molecular complexity index is 1420. The molecule has 0 saturated carbocycles. The van der Waals surface area contributed by atoms with Crippen LogP contribution in [0.15, 0.2) is 48.5 Å². The Balaban J connectivity index is 0.000000430. The molecule has 43 heavy (non-hydrogen) atoms. The molecule has 0 heterocycles. The molecule has 0 aliphatic rings. The monoisotopic (exact) mass is 710 g/mol. The fourth-order valence-corrected chi connectivity index (χ4v) is 10.7.